The summed E-state index contributed by atoms with van der Waals surface area (Å²) in [5, 5.41) is 10.2. The molecule has 0 radical (unpaired) electrons. The summed E-state index contributed by atoms with van der Waals surface area (Å²) in [5.41, 5.74) is 2.89. The van der Waals surface area contributed by atoms with E-state index in [1.165, 1.54) is 0 Å². The van der Waals surface area contributed by atoms with Crippen molar-refractivity contribution in [3.63, 3.8) is 0 Å². The van der Waals surface area contributed by atoms with Crippen LogP contribution in [0.2, 0.25) is 0 Å². The zero-order valence-corrected chi connectivity index (χ0v) is 10.9. The zero-order valence-electron chi connectivity index (χ0n) is 10.9. The second-order valence-electron chi connectivity index (χ2n) is 4.83. The van der Waals surface area contributed by atoms with Crippen LogP contribution in [0, 0.1) is 0 Å². The first-order valence-electron chi connectivity index (χ1n) is 6.47. The molecule has 1 atom stereocenters. The molecule has 0 heterocycles. The maximum atomic E-state index is 12.1. The number of hydrogen-bond donors (Lipinski definition) is 1. The summed E-state index contributed by atoms with van der Waals surface area (Å²) in [6.07, 6.45) is 0. The molecule has 98 valence electrons. The van der Waals surface area contributed by atoms with Crippen molar-refractivity contribution < 1.29 is 9.90 Å². The van der Waals surface area contributed by atoms with Gasteiger partial charge in [0.2, 0.25) is 5.78 Å². The van der Waals surface area contributed by atoms with Crippen LogP contribution in [-0.4, -0.2) is 10.9 Å². The molecule has 1 aliphatic rings. The first-order valence-corrected chi connectivity index (χ1v) is 6.47. The van der Waals surface area contributed by atoms with E-state index in [1.807, 2.05) is 60.7 Å². The van der Waals surface area contributed by atoms with Gasteiger partial charge in [-0.1, -0.05) is 67.2 Å². The van der Waals surface area contributed by atoms with Crippen molar-refractivity contribution in [2.24, 2.45) is 0 Å². The predicted molar refractivity (Wildman–Crippen MR) is 79.3 cm³/mol. The van der Waals surface area contributed by atoms with Crippen LogP contribution in [0.15, 0.2) is 78.6 Å². The quantitative estimate of drug-likeness (QED) is 0.834. The SMILES string of the molecule is C=C1C(=O)C(O)=C(c2ccccc2)[C@H]1c1ccccc1. The Bertz CT molecular complexity index is 697. The van der Waals surface area contributed by atoms with Crippen LogP contribution in [0.4, 0.5) is 0 Å². The van der Waals surface area contributed by atoms with Crippen molar-refractivity contribution in [1.82, 2.24) is 0 Å². The highest BCUT2D eigenvalue weighted by atomic mass is 16.3. The molecule has 0 saturated heterocycles. The molecule has 3 rings (SSSR count). The second kappa shape index (κ2) is 4.82. The Morgan fingerprint density at radius 1 is 0.900 bits per heavy atom. The molecule has 0 spiro atoms. The molecule has 1 N–H and O–H groups in total. The average molecular weight is 262 g/mol. The second-order valence-corrected chi connectivity index (χ2v) is 4.83. The Hall–Kier alpha value is -2.61. The molecule has 0 aromatic heterocycles. The number of aliphatic hydroxyl groups is 1. The standard InChI is InChI=1S/C18H14O2/c1-12-15(13-8-4-2-5-9-13)16(18(20)17(12)19)14-10-6-3-7-11-14/h2-11,15,20H,1H2/t15-/m1/s1. The molecule has 1 aliphatic carbocycles. The third-order valence-electron chi connectivity index (χ3n) is 3.62. The lowest BCUT2D eigenvalue weighted by atomic mass is 9.86. The van der Waals surface area contributed by atoms with Gasteiger partial charge in [0.15, 0.2) is 5.76 Å². The first-order chi connectivity index (χ1) is 9.70. The number of Topliss-reactive ketones (excluding diaryl/α,β-unsaturated/α-hetero) is 1. The summed E-state index contributed by atoms with van der Waals surface area (Å²) in [6, 6.07) is 19.2. The van der Waals surface area contributed by atoms with Gasteiger partial charge in [0.25, 0.3) is 0 Å². The number of rotatable bonds is 2. The van der Waals surface area contributed by atoms with Crippen molar-refractivity contribution in [3.05, 3.63) is 89.7 Å². The predicted octanol–water partition coefficient (Wildman–Crippen LogP) is 3.88. The third kappa shape index (κ3) is 1.86. The topological polar surface area (TPSA) is 37.3 Å². The Morgan fingerprint density at radius 3 is 2.05 bits per heavy atom. The molecule has 0 saturated carbocycles. The zero-order chi connectivity index (χ0) is 14.1. The smallest absolute Gasteiger partial charge is 0.224 e. The normalized spacial score (nSPS) is 18.7. The number of allylic oxidation sites excluding steroid dienone is 2. The van der Waals surface area contributed by atoms with Gasteiger partial charge in [-0.15, -0.1) is 0 Å². The Labute approximate surface area is 117 Å². The largest absolute Gasteiger partial charge is 0.504 e. The lowest BCUT2D eigenvalue weighted by Gasteiger charge is -2.16. The van der Waals surface area contributed by atoms with E-state index in [0.717, 1.165) is 11.1 Å². The van der Waals surface area contributed by atoms with Gasteiger partial charge >= 0.3 is 0 Å². The number of hydrogen-bond acceptors (Lipinski definition) is 2. The van der Waals surface area contributed by atoms with Gasteiger partial charge in [0, 0.05) is 17.1 Å². The number of carbonyl (C=O) groups excluding carboxylic acids is 1. The summed E-state index contributed by atoms with van der Waals surface area (Å²) in [5.74, 6) is -0.821. The molecule has 0 fully saturated rings. The molecule has 0 bridgehead atoms. The number of ketones is 1. The van der Waals surface area contributed by atoms with E-state index in [4.69, 9.17) is 0 Å². The lowest BCUT2D eigenvalue weighted by molar-refractivity contribution is -0.114. The minimum absolute atomic E-state index is 0.185. The van der Waals surface area contributed by atoms with E-state index in [0.29, 0.717) is 11.1 Å². The summed E-state index contributed by atoms with van der Waals surface area (Å²) in [4.78, 5) is 12.1. The van der Waals surface area contributed by atoms with Crippen molar-refractivity contribution >= 4 is 11.4 Å². The number of aliphatic hydroxyl groups excluding tert-OH is 1. The molecule has 20 heavy (non-hydrogen) atoms. The summed E-state index contributed by atoms with van der Waals surface area (Å²) in [6.45, 7) is 3.87. The maximum absolute atomic E-state index is 12.1. The van der Waals surface area contributed by atoms with E-state index in [1.54, 1.807) is 0 Å². The van der Waals surface area contributed by atoms with Gasteiger partial charge in [-0.25, -0.2) is 0 Å². The van der Waals surface area contributed by atoms with E-state index >= 15 is 0 Å². The highest BCUT2D eigenvalue weighted by Gasteiger charge is 2.37. The van der Waals surface area contributed by atoms with Gasteiger partial charge in [0.05, 0.1) is 0 Å². The fraction of sp³-hybridized carbons (Fsp3) is 0.0556. The van der Waals surface area contributed by atoms with E-state index in [9.17, 15) is 9.90 Å². The molecular formula is C18H14O2. The summed E-state index contributed by atoms with van der Waals surface area (Å²) < 4.78 is 0. The van der Waals surface area contributed by atoms with Crippen LogP contribution in [0.5, 0.6) is 0 Å². The number of benzene rings is 2. The fourth-order valence-corrected chi connectivity index (χ4v) is 2.65. The van der Waals surface area contributed by atoms with E-state index in [-0.39, 0.29) is 17.5 Å². The minimum Gasteiger partial charge on any atom is -0.504 e. The monoisotopic (exact) mass is 262 g/mol. The van der Waals surface area contributed by atoms with E-state index < -0.39 is 0 Å². The minimum atomic E-state index is -0.363. The van der Waals surface area contributed by atoms with Gasteiger partial charge in [-0.05, 0) is 11.1 Å². The van der Waals surface area contributed by atoms with Crippen LogP contribution < -0.4 is 0 Å². The van der Waals surface area contributed by atoms with Gasteiger partial charge < -0.3 is 5.11 Å². The molecular weight excluding hydrogens is 248 g/mol. The lowest BCUT2D eigenvalue weighted by Crippen LogP contribution is -2.03. The van der Waals surface area contributed by atoms with Crippen molar-refractivity contribution in [3.8, 4) is 0 Å². The molecule has 2 nitrogen and oxygen atoms in total. The Morgan fingerprint density at radius 2 is 1.45 bits per heavy atom. The maximum Gasteiger partial charge on any atom is 0.224 e. The third-order valence-corrected chi connectivity index (χ3v) is 3.62. The van der Waals surface area contributed by atoms with Crippen LogP contribution in [0.1, 0.15) is 17.0 Å². The highest BCUT2D eigenvalue weighted by Crippen LogP contribution is 2.45. The van der Waals surface area contributed by atoms with Crippen molar-refractivity contribution in [2.45, 2.75) is 5.92 Å². The van der Waals surface area contributed by atoms with Crippen molar-refractivity contribution in [2.75, 3.05) is 0 Å². The Balaban J connectivity index is 2.18. The van der Waals surface area contributed by atoms with Crippen LogP contribution in [0.25, 0.3) is 5.57 Å². The summed E-state index contributed by atoms with van der Waals surface area (Å²) in [7, 11) is 0. The van der Waals surface area contributed by atoms with E-state index in [2.05, 4.69) is 6.58 Å². The van der Waals surface area contributed by atoms with Crippen LogP contribution in [-0.2, 0) is 4.79 Å². The average Bonchev–Trinajstić information content (AvgIpc) is 2.73. The van der Waals surface area contributed by atoms with Gasteiger partial charge in [-0.2, -0.15) is 0 Å². The highest BCUT2D eigenvalue weighted by molar-refractivity contribution is 6.18. The molecule has 2 aromatic carbocycles. The molecule has 0 amide bonds. The molecule has 2 heteroatoms. The van der Waals surface area contributed by atoms with Crippen LogP contribution >= 0.6 is 0 Å². The Kier molecular flexibility index (Phi) is 2.99. The summed E-state index contributed by atoms with van der Waals surface area (Å²) >= 11 is 0. The molecule has 2 aromatic rings. The molecule has 0 unspecified atom stereocenters. The number of carbonyl (C=O) groups is 1. The molecule has 0 aliphatic heterocycles. The fourth-order valence-electron chi connectivity index (χ4n) is 2.65. The van der Waals surface area contributed by atoms with Gasteiger partial charge in [-0.3, -0.25) is 4.79 Å². The first kappa shape index (κ1) is 12.4. The van der Waals surface area contributed by atoms with Crippen molar-refractivity contribution in [1.29, 1.82) is 0 Å². The van der Waals surface area contributed by atoms with Gasteiger partial charge in [0.1, 0.15) is 0 Å². The van der Waals surface area contributed by atoms with Crippen LogP contribution in [0.3, 0.4) is 0 Å².